The Morgan fingerprint density at radius 1 is 1.05 bits per heavy atom. The Labute approximate surface area is 123 Å². The number of carbonyl (C=O) groups is 2. The van der Waals surface area contributed by atoms with Crippen LogP contribution in [0.2, 0.25) is 5.02 Å². The zero-order valence-electron chi connectivity index (χ0n) is 10.6. The first-order chi connectivity index (χ1) is 9.97. The summed E-state index contributed by atoms with van der Waals surface area (Å²) >= 11 is 5.77. The first-order valence-corrected chi connectivity index (χ1v) is 6.45. The molecular weight excluding hydrogens is 300 g/mol. The van der Waals surface area contributed by atoms with Crippen LogP contribution in [-0.4, -0.2) is 11.7 Å². The van der Waals surface area contributed by atoms with Crippen molar-refractivity contribution < 1.29 is 18.4 Å². The maximum Gasteiger partial charge on any atom is 0.299 e. The molecule has 0 bridgehead atoms. The molecule has 2 aromatic rings. The fourth-order valence-corrected chi connectivity index (χ4v) is 2.40. The van der Waals surface area contributed by atoms with Gasteiger partial charge in [0.25, 0.3) is 11.7 Å². The molecule has 3 rings (SSSR count). The molecule has 0 radical (unpaired) electrons. The minimum atomic E-state index is -0.932. The standard InChI is InChI=1S/C15H8ClF2NO2/c16-9-3-1-8(2-4-9)7-19-13-11(14(20)15(19)21)5-10(17)6-12(13)18/h1-6H,7H2. The Balaban J connectivity index is 2.03. The maximum atomic E-state index is 13.9. The summed E-state index contributed by atoms with van der Waals surface area (Å²) in [5.74, 6) is -3.60. The molecule has 3 nitrogen and oxygen atoms in total. The highest BCUT2D eigenvalue weighted by Gasteiger charge is 2.38. The summed E-state index contributed by atoms with van der Waals surface area (Å²) in [6.07, 6.45) is 0. The number of carbonyl (C=O) groups excluding carboxylic acids is 2. The van der Waals surface area contributed by atoms with Crippen molar-refractivity contribution in [2.24, 2.45) is 0 Å². The lowest BCUT2D eigenvalue weighted by Crippen LogP contribution is -2.29. The minimum Gasteiger partial charge on any atom is -0.298 e. The van der Waals surface area contributed by atoms with E-state index in [4.69, 9.17) is 11.6 Å². The molecule has 1 aliphatic heterocycles. The van der Waals surface area contributed by atoms with Crippen LogP contribution in [0.1, 0.15) is 15.9 Å². The van der Waals surface area contributed by atoms with Crippen LogP contribution >= 0.6 is 11.6 Å². The number of ketones is 1. The predicted octanol–water partition coefficient (Wildman–Crippen LogP) is 3.35. The Bertz CT molecular complexity index is 759. The summed E-state index contributed by atoms with van der Waals surface area (Å²) in [5.41, 5.74) is 0.255. The molecule has 0 saturated carbocycles. The number of Topliss-reactive ketones (excluding diaryl/α,β-unsaturated/α-hetero) is 1. The normalized spacial score (nSPS) is 13.8. The van der Waals surface area contributed by atoms with E-state index in [0.29, 0.717) is 16.7 Å². The van der Waals surface area contributed by atoms with Crippen LogP contribution in [0.15, 0.2) is 36.4 Å². The topological polar surface area (TPSA) is 37.4 Å². The number of nitrogens with zero attached hydrogens (tertiary/aromatic N) is 1. The average molecular weight is 308 g/mol. The monoisotopic (exact) mass is 307 g/mol. The van der Waals surface area contributed by atoms with Gasteiger partial charge in [0.05, 0.1) is 17.8 Å². The van der Waals surface area contributed by atoms with E-state index in [9.17, 15) is 18.4 Å². The molecule has 0 atom stereocenters. The van der Waals surface area contributed by atoms with Gasteiger partial charge in [-0.2, -0.15) is 0 Å². The summed E-state index contributed by atoms with van der Waals surface area (Å²) in [4.78, 5) is 24.8. The average Bonchev–Trinajstić information content (AvgIpc) is 2.67. The highest BCUT2D eigenvalue weighted by molar-refractivity contribution is 6.52. The fraction of sp³-hybridized carbons (Fsp3) is 0.0667. The van der Waals surface area contributed by atoms with Crippen LogP contribution in [0.25, 0.3) is 0 Å². The van der Waals surface area contributed by atoms with Gasteiger partial charge in [-0.25, -0.2) is 8.78 Å². The lowest BCUT2D eigenvalue weighted by atomic mass is 10.1. The zero-order chi connectivity index (χ0) is 15.1. The number of halogens is 3. The van der Waals surface area contributed by atoms with Gasteiger partial charge in [-0.15, -0.1) is 0 Å². The molecule has 106 valence electrons. The first kappa shape index (κ1) is 13.7. The Kier molecular flexibility index (Phi) is 3.22. The molecule has 0 N–H and O–H groups in total. The molecule has 0 aliphatic carbocycles. The van der Waals surface area contributed by atoms with Gasteiger partial charge in [0.15, 0.2) is 5.82 Å². The molecule has 0 aromatic heterocycles. The second-order valence-corrected chi connectivity index (χ2v) is 5.07. The minimum absolute atomic E-state index is 0.0112. The number of rotatable bonds is 2. The quantitative estimate of drug-likeness (QED) is 0.798. The molecule has 2 aromatic carbocycles. The van der Waals surface area contributed by atoms with Gasteiger partial charge in [0, 0.05) is 11.1 Å². The molecule has 6 heteroatoms. The molecule has 0 unspecified atom stereocenters. The smallest absolute Gasteiger partial charge is 0.298 e. The fourth-order valence-electron chi connectivity index (χ4n) is 2.28. The molecular formula is C15H8ClF2NO2. The van der Waals surface area contributed by atoms with Crippen LogP contribution in [0, 0.1) is 11.6 Å². The van der Waals surface area contributed by atoms with Crippen LogP contribution < -0.4 is 4.90 Å². The van der Waals surface area contributed by atoms with Crippen LogP contribution in [0.5, 0.6) is 0 Å². The second-order valence-electron chi connectivity index (χ2n) is 4.63. The van der Waals surface area contributed by atoms with E-state index in [1.165, 1.54) is 0 Å². The second kappa shape index (κ2) is 4.93. The third-order valence-electron chi connectivity index (χ3n) is 3.24. The molecule has 0 fully saturated rings. The van der Waals surface area contributed by atoms with E-state index < -0.39 is 23.3 Å². The van der Waals surface area contributed by atoms with Crippen molar-refractivity contribution in [1.29, 1.82) is 0 Å². The lowest BCUT2D eigenvalue weighted by molar-refractivity contribution is -0.114. The Morgan fingerprint density at radius 2 is 1.71 bits per heavy atom. The van der Waals surface area contributed by atoms with Gasteiger partial charge in [-0.1, -0.05) is 23.7 Å². The van der Waals surface area contributed by atoms with Crippen molar-refractivity contribution >= 4 is 29.0 Å². The van der Waals surface area contributed by atoms with Gasteiger partial charge in [-0.05, 0) is 23.8 Å². The maximum absolute atomic E-state index is 13.9. The number of hydrogen-bond acceptors (Lipinski definition) is 2. The number of benzene rings is 2. The Morgan fingerprint density at radius 3 is 2.38 bits per heavy atom. The largest absolute Gasteiger partial charge is 0.299 e. The highest BCUT2D eigenvalue weighted by Crippen LogP contribution is 2.33. The number of hydrogen-bond donors (Lipinski definition) is 0. The summed E-state index contributed by atoms with van der Waals surface area (Å²) in [7, 11) is 0. The molecule has 1 amide bonds. The van der Waals surface area contributed by atoms with Crippen molar-refractivity contribution in [3.8, 4) is 0 Å². The molecule has 0 spiro atoms. The summed E-state index contributed by atoms with van der Waals surface area (Å²) in [6, 6.07) is 8.11. The van der Waals surface area contributed by atoms with Crippen molar-refractivity contribution in [3.05, 3.63) is 64.2 Å². The van der Waals surface area contributed by atoms with E-state index in [1.807, 2.05) is 0 Å². The SMILES string of the molecule is O=C1C(=O)N(Cc2ccc(Cl)cc2)c2c(F)cc(F)cc21. The van der Waals surface area contributed by atoms with E-state index in [0.717, 1.165) is 11.0 Å². The Hall–Kier alpha value is -2.27. The van der Waals surface area contributed by atoms with E-state index in [2.05, 4.69) is 0 Å². The van der Waals surface area contributed by atoms with Crippen LogP contribution in [0.4, 0.5) is 14.5 Å². The summed E-state index contributed by atoms with van der Waals surface area (Å²) < 4.78 is 27.1. The summed E-state index contributed by atoms with van der Waals surface area (Å²) in [6.45, 7) is 0.0112. The van der Waals surface area contributed by atoms with Gasteiger partial charge in [-0.3, -0.25) is 14.5 Å². The lowest BCUT2D eigenvalue weighted by Gasteiger charge is -2.17. The zero-order valence-corrected chi connectivity index (χ0v) is 11.3. The van der Waals surface area contributed by atoms with Crippen LogP contribution in [0.3, 0.4) is 0 Å². The third-order valence-corrected chi connectivity index (χ3v) is 3.49. The van der Waals surface area contributed by atoms with E-state index in [1.54, 1.807) is 24.3 Å². The van der Waals surface area contributed by atoms with Crippen molar-refractivity contribution in [3.63, 3.8) is 0 Å². The van der Waals surface area contributed by atoms with Crippen molar-refractivity contribution in [1.82, 2.24) is 0 Å². The van der Waals surface area contributed by atoms with Gasteiger partial charge >= 0.3 is 0 Å². The van der Waals surface area contributed by atoms with E-state index in [-0.39, 0.29) is 17.8 Å². The summed E-state index contributed by atoms with van der Waals surface area (Å²) in [5, 5.41) is 0.524. The van der Waals surface area contributed by atoms with Gasteiger partial charge in [0.2, 0.25) is 0 Å². The van der Waals surface area contributed by atoms with E-state index >= 15 is 0 Å². The van der Waals surface area contributed by atoms with Crippen molar-refractivity contribution in [2.75, 3.05) is 4.90 Å². The number of amides is 1. The van der Waals surface area contributed by atoms with Crippen LogP contribution in [-0.2, 0) is 11.3 Å². The highest BCUT2D eigenvalue weighted by atomic mass is 35.5. The first-order valence-electron chi connectivity index (χ1n) is 6.07. The predicted molar refractivity (Wildman–Crippen MR) is 73.3 cm³/mol. The molecule has 21 heavy (non-hydrogen) atoms. The van der Waals surface area contributed by atoms with Gasteiger partial charge in [0.1, 0.15) is 5.82 Å². The molecule has 1 aliphatic rings. The number of anilines is 1. The van der Waals surface area contributed by atoms with Gasteiger partial charge < -0.3 is 0 Å². The third kappa shape index (κ3) is 2.29. The molecule has 0 saturated heterocycles. The number of fused-ring (bicyclic) bond motifs is 1. The molecule has 1 heterocycles. The van der Waals surface area contributed by atoms with Crippen molar-refractivity contribution in [2.45, 2.75) is 6.54 Å².